The van der Waals surface area contributed by atoms with Gasteiger partial charge in [-0.2, -0.15) is 0 Å². The molecule has 0 aromatic heterocycles. The molecule has 0 aromatic rings. The zero-order valence-corrected chi connectivity index (χ0v) is 9.18. The van der Waals surface area contributed by atoms with Gasteiger partial charge < -0.3 is 15.1 Å². The Hall–Kier alpha value is -0.870. The number of carbonyl (C=O) groups is 1. The van der Waals surface area contributed by atoms with Gasteiger partial charge in [0.2, 0.25) is 0 Å². The Morgan fingerprint density at radius 3 is 1.77 bits per heavy atom. The van der Waals surface area contributed by atoms with Crippen LogP contribution in [-0.4, -0.2) is 44.1 Å². The summed E-state index contributed by atoms with van der Waals surface area (Å²) in [6, 6.07) is 0. The molecule has 4 heteroatoms. The summed E-state index contributed by atoms with van der Waals surface area (Å²) in [5.41, 5.74) is 0.451. The zero-order valence-electron chi connectivity index (χ0n) is 9.18. The molecule has 80 valence electrons. The summed E-state index contributed by atoms with van der Waals surface area (Å²) in [5, 5.41) is 0. The summed E-state index contributed by atoms with van der Waals surface area (Å²) in [4.78, 5) is 12.4. The van der Waals surface area contributed by atoms with E-state index in [-0.39, 0.29) is 11.4 Å². The molecule has 0 radical (unpaired) electrons. The molecule has 0 aromatic carbocycles. The van der Waals surface area contributed by atoms with Gasteiger partial charge in [0.05, 0.1) is 6.61 Å². The van der Waals surface area contributed by atoms with Crippen LogP contribution in [0.5, 0.6) is 0 Å². The Bertz CT molecular complexity index is 141. The Balaban J connectivity index is -0.000000173. The largest absolute Gasteiger partial charge is 0.463 e. The summed E-state index contributed by atoms with van der Waals surface area (Å²) in [6.07, 6.45) is 0. The minimum Gasteiger partial charge on any atom is -0.463 e. The Kier molecular flexibility index (Phi) is 15.4. The van der Waals surface area contributed by atoms with Crippen molar-refractivity contribution >= 4 is 5.97 Å². The molecule has 0 amide bonds. The van der Waals surface area contributed by atoms with Crippen LogP contribution >= 0.6 is 0 Å². The number of ether oxygens (including phenoxy) is 1. The van der Waals surface area contributed by atoms with E-state index in [4.69, 9.17) is 0 Å². The van der Waals surface area contributed by atoms with Crippen molar-refractivity contribution in [2.75, 3.05) is 27.7 Å². The van der Waals surface area contributed by atoms with Crippen LogP contribution in [0.3, 0.4) is 0 Å². The number of hydrogen-bond acceptors (Lipinski definition) is 3. The van der Waals surface area contributed by atoms with Crippen molar-refractivity contribution in [3.63, 3.8) is 0 Å². The van der Waals surface area contributed by atoms with Gasteiger partial charge in [-0.25, -0.2) is 4.79 Å². The van der Waals surface area contributed by atoms with Gasteiger partial charge in [-0.1, -0.05) is 6.58 Å². The molecule has 0 fully saturated rings. The number of hydrogen-bond donors (Lipinski definition) is 0. The lowest BCUT2D eigenvalue weighted by Gasteiger charge is -1.96. The number of carbonyl (C=O) groups excluding carboxylic acids is 1. The molecule has 0 atom stereocenters. The maximum absolute atomic E-state index is 10.4. The summed E-state index contributed by atoms with van der Waals surface area (Å²) < 4.78 is 4.56. The highest BCUT2D eigenvalue weighted by Gasteiger charge is 1.98. The van der Waals surface area contributed by atoms with E-state index in [2.05, 4.69) is 11.3 Å². The van der Waals surface area contributed by atoms with E-state index >= 15 is 0 Å². The minimum absolute atomic E-state index is 0. The van der Waals surface area contributed by atoms with Crippen LogP contribution in [0, 0.1) is 0 Å². The second-order valence-corrected chi connectivity index (χ2v) is 2.84. The van der Waals surface area contributed by atoms with Crippen LogP contribution in [0.4, 0.5) is 0 Å². The van der Waals surface area contributed by atoms with E-state index in [1.165, 1.54) is 0 Å². The van der Waals surface area contributed by atoms with Crippen molar-refractivity contribution in [3.8, 4) is 0 Å². The molecule has 0 bridgehead atoms. The highest BCUT2D eigenvalue weighted by atomic mass is 16.5. The van der Waals surface area contributed by atoms with E-state index in [1.807, 2.05) is 26.0 Å². The Morgan fingerprint density at radius 1 is 1.38 bits per heavy atom. The lowest BCUT2D eigenvalue weighted by molar-refractivity contribution is -0.138. The molecule has 0 saturated heterocycles. The number of rotatable bonds is 2. The third kappa shape index (κ3) is 24.7. The Labute approximate surface area is 80.5 Å². The predicted molar refractivity (Wildman–Crippen MR) is 54.7 cm³/mol. The van der Waals surface area contributed by atoms with Gasteiger partial charge in [-0.15, -0.1) is 0 Å². The highest BCUT2D eigenvalue weighted by molar-refractivity contribution is 5.86. The molecule has 0 aliphatic carbocycles. The Morgan fingerprint density at radius 2 is 1.69 bits per heavy atom. The quantitative estimate of drug-likeness (QED) is 0.471. The van der Waals surface area contributed by atoms with Crippen molar-refractivity contribution in [2.45, 2.75) is 13.8 Å². The van der Waals surface area contributed by atoms with Crippen LogP contribution in [0.1, 0.15) is 13.8 Å². The van der Waals surface area contributed by atoms with Crippen LogP contribution in [0.2, 0.25) is 0 Å². The molecular weight excluding hydrogens is 170 g/mol. The summed E-state index contributed by atoms with van der Waals surface area (Å²) in [6.45, 7) is 7.21. The normalized spacial score (nSPS) is 7.85. The molecule has 0 heterocycles. The topological polar surface area (TPSA) is 61.0 Å². The summed E-state index contributed by atoms with van der Waals surface area (Å²) in [7, 11) is 6.00. The molecule has 0 spiro atoms. The van der Waals surface area contributed by atoms with E-state index in [0.29, 0.717) is 12.2 Å². The van der Waals surface area contributed by atoms with Gasteiger partial charge in [0, 0.05) is 5.57 Å². The van der Waals surface area contributed by atoms with Crippen LogP contribution < -0.4 is 0 Å². The average Bonchev–Trinajstić information content (AvgIpc) is 1.86. The summed E-state index contributed by atoms with van der Waals surface area (Å²) in [5.74, 6) is -0.312. The minimum atomic E-state index is -0.312. The molecule has 13 heavy (non-hydrogen) atoms. The smallest absolute Gasteiger partial charge is 0.333 e. The van der Waals surface area contributed by atoms with E-state index < -0.39 is 0 Å². The van der Waals surface area contributed by atoms with Gasteiger partial charge in [0.1, 0.15) is 0 Å². The fraction of sp³-hybridized carbons (Fsp3) is 0.667. The first kappa shape index (κ1) is 18.0. The van der Waals surface area contributed by atoms with Gasteiger partial charge >= 0.3 is 5.97 Å². The first-order valence-electron chi connectivity index (χ1n) is 3.85. The van der Waals surface area contributed by atoms with Crippen molar-refractivity contribution in [1.82, 2.24) is 4.90 Å². The molecule has 4 nitrogen and oxygen atoms in total. The third-order valence-corrected chi connectivity index (χ3v) is 0.624. The molecule has 0 aliphatic heterocycles. The molecule has 0 saturated carbocycles. The lowest BCUT2D eigenvalue weighted by Crippen LogP contribution is -2.03. The van der Waals surface area contributed by atoms with Crippen molar-refractivity contribution in [1.29, 1.82) is 0 Å². The van der Waals surface area contributed by atoms with Gasteiger partial charge in [0.25, 0.3) is 0 Å². The van der Waals surface area contributed by atoms with Crippen molar-refractivity contribution < 1.29 is 15.0 Å². The standard InChI is InChI=1S/C6H10O2.C3H9N.H2O/c1-4-8-6(7)5(2)3;1-4(2)3;/h2,4H2,1,3H3;1-3H3;1H2. The van der Waals surface area contributed by atoms with E-state index in [9.17, 15) is 4.79 Å². The second-order valence-electron chi connectivity index (χ2n) is 2.84. The zero-order chi connectivity index (χ0) is 10.1. The van der Waals surface area contributed by atoms with Crippen LogP contribution in [-0.2, 0) is 9.53 Å². The van der Waals surface area contributed by atoms with Crippen molar-refractivity contribution in [3.05, 3.63) is 12.2 Å². The van der Waals surface area contributed by atoms with E-state index in [0.717, 1.165) is 0 Å². The SMILES string of the molecule is C=C(C)C(=O)OCC.CN(C)C.O. The van der Waals surface area contributed by atoms with Gasteiger partial charge in [0.15, 0.2) is 0 Å². The molecule has 0 unspecified atom stereocenters. The van der Waals surface area contributed by atoms with Crippen molar-refractivity contribution in [2.24, 2.45) is 0 Å². The molecule has 2 N–H and O–H groups in total. The first-order chi connectivity index (χ1) is 5.41. The van der Waals surface area contributed by atoms with Crippen LogP contribution in [0.15, 0.2) is 12.2 Å². The lowest BCUT2D eigenvalue weighted by atomic mass is 10.4. The first-order valence-corrected chi connectivity index (χ1v) is 3.85. The van der Waals surface area contributed by atoms with E-state index in [1.54, 1.807) is 13.8 Å². The number of esters is 1. The fourth-order valence-electron chi connectivity index (χ4n) is 0.254. The maximum atomic E-state index is 10.4. The maximum Gasteiger partial charge on any atom is 0.333 e. The average molecular weight is 191 g/mol. The molecule has 0 rings (SSSR count). The molecular formula is C9H21NO3. The predicted octanol–water partition coefficient (Wildman–Crippen LogP) is 0.479. The van der Waals surface area contributed by atoms with Gasteiger partial charge in [-0.3, -0.25) is 0 Å². The fourth-order valence-corrected chi connectivity index (χ4v) is 0.254. The number of nitrogens with zero attached hydrogens (tertiary/aromatic N) is 1. The second kappa shape index (κ2) is 11.1. The van der Waals surface area contributed by atoms with Crippen LogP contribution in [0.25, 0.3) is 0 Å². The summed E-state index contributed by atoms with van der Waals surface area (Å²) >= 11 is 0. The third-order valence-electron chi connectivity index (χ3n) is 0.624. The van der Waals surface area contributed by atoms with Gasteiger partial charge in [-0.05, 0) is 35.0 Å². The monoisotopic (exact) mass is 191 g/mol. The highest BCUT2D eigenvalue weighted by Crippen LogP contribution is 1.89. The molecule has 0 aliphatic rings.